The van der Waals surface area contributed by atoms with Crippen LogP contribution in [0, 0.1) is 5.82 Å². The molecule has 0 spiro atoms. The third-order valence-corrected chi connectivity index (χ3v) is 3.11. The van der Waals surface area contributed by atoms with E-state index in [1.165, 1.54) is 11.0 Å². The fourth-order valence-electron chi connectivity index (χ4n) is 1.30. The third kappa shape index (κ3) is 4.09. The number of carbonyl (C=O) groups excluding carboxylic acids is 1. The molecule has 0 aliphatic rings. The second kappa shape index (κ2) is 6.12. The first kappa shape index (κ1) is 14.1. The molecule has 0 aliphatic carbocycles. The van der Waals surface area contributed by atoms with Gasteiger partial charge in [0.05, 0.1) is 11.0 Å². The van der Waals surface area contributed by atoms with Crippen molar-refractivity contribution >= 4 is 21.8 Å². The zero-order valence-corrected chi connectivity index (χ0v) is 11.7. The van der Waals surface area contributed by atoms with E-state index in [4.69, 9.17) is 0 Å². The van der Waals surface area contributed by atoms with Crippen molar-refractivity contribution in [2.24, 2.45) is 0 Å². The molecule has 94 valence electrons. The van der Waals surface area contributed by atoms with E-state index in [1.54, 1.807) is 26.2 Å². The lowest BCUT2D eigenvalue weighted by Crippen LogP contribution is -2.34. The number of rotatable bonds is 4. The molecule has 0 aromatic heterocycles. The van der Waals surface area contributed by atoms with Gasteiger partial charge in [-0.15, -0.1) is 0 Å². The van der Waals surface area contributed by atoms with Crippen molar-refractivity contribution < 1.29 is 9.18 Å². The first-order valence-electron chi connectivity index (χ1n) is 5.30. The number of hydrogen-bond donors (Lipinski definition) is 1. The highest BCUT2D eigenvalue weighted by atomic mass is 79.9. The summed E-state index contributed by atoms with van der Waals surface area (Å²) in [5.41, 5.74) is 0.935. The SMILES string of the molecule is CC(NCC(=O)N(C)C)c1ccc(F)c(Br)c1. The molecule has 1 unspecified atom stereocenters. The second-order valence-corrected chi connectivity index (χ2v) is 4.92. The van der Waals surface area contributed by atoms with Gasteiger partial charge in [0.25, 0.3) is 0 Å². The smallest absolute Gasteiger partial charge is 0.236 e. The average molecular weight is 303 g/mol. The van der Waals surface area contributed by atoms with Crippen LogP contribution in [-0.4, -0.2) is 31.4 Å². The number of benzene rings is 1. The van der Waals surface area contributed by atoms with Gasteiger partial charge in [0.1, 0.15) is 5.82 Å². The Morgan fingerprint density at radius 2 is 2.18 bits per heavy atom. The monoisotopic (exact) mass is 302 g/mol. The average Bonchev–Trinajstić information content (AvgIpc) is 2.28. The molecule has 0 bridgehead atoms. The molecule has 5 heteroatoms. The number of amides is 1. The van der Waals surface area contributed by atoms with Crippen LogP contribution in [0.1, 0.15) is 18.5 Å². The molecule has 1 rings (SSSR count). The summed E-state index contributed by atoms with van der Waals surface area (Å²) in [5.74, 6) is -0.275. The van der Waals surface area contributed by atoms with E-state index in [9.17, 15) is 9.18 Å². The Morgan fingerprint density at radius 1 is 1.53 bits per heavy atom. The summed E-state index contributed by atoms with van der Waals surface area (Å²) >= 11 is 3.14. The van der Waals surface area contributed by atoms with E-state index in [-0.39, 0.29) is 24.3 Å². The van der Waals surface area contributed by atoms with Crippen LogP contribution in [0.2, 0.25) is 0 Å². The summed E-state index contributed by atoms with van der Waals surface area (Å²) in [6, 6.07) is 4.83. The summed E-state index contributed by atoms with van der Waals surface area (Å²) in [5, 5.41) is 3.09. The second-order valence-electron chi connectivity index (χ2n) is 4.06. The van der Waals surface area contributed by atoms with Crippen molar-refractivity contribution in [2.75, 3.05) is 20.6 Å². The van der Waals surface area contributed by atoms with Gasteiger partial charge in [-0.1, -0.05) is 6.07 Å². The van der Waals surface area contributed by atoms with Gasteiger partial charge in [-0.05, 0) is 40.5 Å². The predicted octanol–water partition coefficient (Wildman–Crippen LogP) is 2.33. The molecule has 1 aromatic rings. The van der Waals surface area contributed by atoms with Gasteiger partial charge in [-0.25, -0.2) is 4.39 Å². The maximum Gasteiger partial charge on any atom is 0.236 e. The number of hydrogen-bond acceptors (Lipinski definition) is 2. The minimum absolute atomic E-state index is 0.00389. The molecular weight excluding hydrogens is 287 g/mol. The molecule has 1 aromatic carbocycles. The molecular formula is C12H16BrFN2O. The quantitative estimate of drug-likeness (QED) is 0.926. The van der Waals surface area contributed by atoms with Gasteiger partial charge in [0, 0.05) is 20.1 Å². The van der Waals surface area contributed by atoms with Crippen molar-refractivity contribution in [3.8, 4) is 0 Å². The van der Waals surface area contributed by atoms with Gasteiger partial charge in [-0.2, -0.15) is 0 Å². The highest BCUT2D eigenvalue weighted by molar-refractivity contribution is 9.10. The van der Waals surface area contributed by atoms with Crippen molar-refractivity contribution in [2.45, 2.75) is 13.0 Å². The predicted molar refractivity (Wildman–Crippen MR) is 69.2 cm³/mol. The van der Waals surface area contributed by atoms with Crippen molar-refractivity contribution in [1.29, 1.82) is 0 Å². The van der Waals surface area contributed by atoms with Crippen LogP contribution in [0.15, 0.2) is 22.7 Å². The van der Waals surface area contributed by atoms with E-state index in [1.807, 2.05) is 6.92 Å². The maximum absolute atomic E-state index is 13.1. The van der Waals surface area contributed by atoms with Crippen LogP contribution in [-0.2, 0) is 4.79 Å². The summed E-state index contributed by atoms with van der Waals surface area (Å²) in [6.07, 6.45) is 0. The molecule has 0 heterocycles. The summed E-state index contributed by atoms with van der Waals surface area (Å²) < 4.78 is 13.5. The van der Waals surface area contributed by atoms with E-state index >= 15 is 0 Å². The number of halogens is 2. The minimum atomic E-state index is -0.287. The first-order chi connectivity index (χ1) is 7.91. The Morgan fingerprint density at radius 3 is 2.71 bits per heavy atom. The molecule has 0 fully saturated rings. The number of nitrogens with one attached hydrogen (secondary N) is 1. The Hall–Kier alpha value is -0.940. The summed E-state index contributed by atoms with van der Waals surface area (Å²) in [4.78, 5) is 12.9. The maximum atomic E-state index is 13.1. The fourth-order valence-corrected chi connectivity index (χ4v) is 1.69. The molecule has 0 saturated carbocycles. The Labute approximate surface area is 109 Å². The standard InChI is InChI=1S/C12H16BrFN2O/c1-8(15-7-12(17)16(2)3)9-4-5-11(14)10(13)6-9/h4-6,8,15H,7H2,1-3H3. The van der Waals surface area contributed by atoms with Crippen LogP contribution in [0.25, 0.3) is 0 Å². The van der Waals surface area contributed by atoms with Crippen molar-refractivity contribution in [1.82, 2.24) is 10.2 Å². The zero-order chi connectivity index (χ0) is 13.0. The third-order valence-electron chi connectivity index (χ3n) is 2.50. The summed E-state index contributed by atoms with van der Waals surface area (Å²) in [7, 11) is 3.42. The number of nitrogens with zero attached hydrogens (tertiary/aromatic N) is 1. The molecule has 0 aliphatic heterocycles. The highest BCUT2D eigenvalue weighted by Gasteiger charge is 2.10. The normalized spacial score (nSPS) is 12.3. The van der Waals surface area contributed by atoms with Crippen LogP contribution in [0.3, 0.4) is 0 Å². The van der Waals surface area contributed by atoms with Crippen molar-refractivity contribution in [3.63, 3.8) is 0 Å². The Kier molecular flexibility index (Phi) is 5.08. The molecule has 1 atom stereocenters. The fraction of sp³-hybridized carbons (Fsp3) is 0.417. The molecule has 1 N–H and O–H groups in total. The molecule has 17 heavy (non-hydrogen) atoms. The van der Waals surface area contributed by atoms with Crippen LogP contribution >= 0.6 is 15.9 Å². The van der Waals surface area contributed by atoms with Gasteiger partial charge >= 0.3 is 0 Å². The molecule has 1 amide bonds. The topological polar surface area (TPSA) is 32.3 Å². The summed E-state index contributed by atoms with van der Waals surface area (Å²) in [6.45, 7) is 2.20. The van der Waals surface area contributed by atoms with Gasteiger partial charge in [0.2, 0.25) is 5.91 Å². The van der Waals surface area contributed by atoms with Crippen LogP contribution < -0.4 is 5.32 Å². The first-order valence-corrected chi connectivity index (χ1v) is 6.09. The number of carbonyl (C=O) groups is 1. The molecule has 0 radical (unpaired) electrons. The Bertz CT molecular complexity index is 409. The van der Waals surface area contributed by atoms with Crippen LogP contribution in [0.5, 0.6) is 0 Å². The highest BCUT2D eigenvalue weighted by Crippen LogP contribution is 2.20. The lowest BCUT2D eigenvalue weighted by molar-refractivity contribution is -0.127. The van der Waals surface area contributed by atoms with Crippen LogP contribution in [0.4, 0.5) is 4.39 Å². The lowest BCUT2D eigenvalue weighted by atomic mass is 10.1. The van der Waals surface area contributed by atoms with Crippen molar-refractivity contribution in [3.05, 3.63) is 34.1 Å². The van der Waals surface area contributed by atoms with Gasteiger partial charge in [0.15, 0.2) is 0 Å². The largest absolute Gasteiger partial charge is 0.348 e. The van der Waals surface area contributed by atoms with E-state index in [0.717, 1.165) is 5.56 Å². The number of likely N-dealkylation sites (N-methyl/N-ethyl adjacent to an activating group) is 1. The molecule has 3 nitrogen and oxygen atoms in total. The zero-order valence-electron chi connectivity index (χ0n) is 10.1. The van der Waals surface area contributed by atoms with E-state index < -0.39 is 0 Å². The van der Waals surface area contributed by atoms with E-state index in [0.29, 0.717) is 4.47 Å². The molecule has 0 saturated heterocycles. The van der Waals surface area contributed by atoms with Gasteiger partial charge in [-0.3, -0.25) is 4.79 Å². The van der Waals surface area contributed by atoms with Gasteiger partial charge < -0.3 is 10.2 Å². The van der Waals surface area contributed by atoms with E-state index in [2.05, 4.69) is 21.2 Å². The minimum Gasteiger partial charge on any atom is -0.348 e. The lowest BCUT2D eigenvalue weighted by Gasteiger charge is -2.16. The Balaban J connectivity index is 2.61.